The molecule has 5 nitrogen and oxygen atoms in total. The van der Waals surface area contributed by atoms with Gasteiger partial charge in [0.05, 0.1) is 11.0 Å². The Labute approximate surface area is 120 Å². The Kier molecular flexibility index (Phi) is 4.67. The number of likely N-dealkylation sites (N-methyl/N-ethyl adjacent to an activating group) is 1. The third kappa shape index (κ3) is 3.31. The molecule has 20 heavy (non-hydrogen) atoms. The van der Waals surface area contributed by atoms with Crippen LogP contribution in [0.2, 0.25) is 0 Å². The van der Waals surface area contributed by atoms with Gasteiger partial charge in [0.25, 0.3) is 0 Å². The molecule has 2 rings (SSSR count). The largest absolute Gasteiger partial charge is 0.399 e. The van der Waals surface area contributed by atoms with Crippen LogP contribution in [0.15, 0.2) is 23.1 Å². The first-order chi connectivity index (χ1) is 9.43. The van der Waals surface area contributed by atoms with Crippen LogP contribution in [0.1, 0.15) is 25.3 Å². The second-order valence-corrected chi connectivity index (χ2v) is 7.11. The van der Waals surface area contributed by atoms with E-state index in [1.807, 2.05) is 13.8 Å². The maximum atomic E-state index is 12.7. The van der Waals surface area contributed by atoms with Gasteiger partial charge in [-0.1, -0.05) is 6.92 Å². The fourth-order valence-corrected chi connectivity index (χ4v) is 4.11. The molecule has 1 atom stereocenters. The SMILES string of the molecule is CCN(CC1CCCO1)S(=O)(=O)c1cc(C)cc(N)c1. The monoisotopic (exact) mass is 298 g/mol. The zero-order chi connectivity index (χ0) is 14.8. The Hall–Kier alpha value is -1.11. The van der Waals surface area contributed by atoms with E-state index in [9.17, 15) is 8.42 Å². The number of aryl methyl sites for hydroxylation is 1. The van der Waals surface area contributed by atoms with Crippen molar-refractivity contribution in [2.75, 3.05) is 25.4 Å². The molecule has 1 unspecified atom stereocenters. The molecule has 0 aromatic heterocycles. The number of anilines is 1. The molecule has 0 saturated carbocycles. The Bertz CT molecular complexity index is 546. The number of rotatable bonds is 5. The van der Waals surface area contributed by atoms with E-state index in [1.54, 1.807) is 12.1 Å². The number of hydrogen-bond acceptors (Lipinski definition) is 4. The standard InChI is InChI=1S/C14H22N2O3S/c1-3-16(10-13-5-4-6-19-13)20(17,18)14-8-11(2)7-12(15)9-14/h7-9,13H,3-6,10,15H2,1-2H3. The van der Waals surface area contributed by atoms with Gasteiger partial charge in [-0.25, -0.2) is 8.42 Å². The van der Waals surface area contributed by atoms with E-state index < -0.39 is 10.0 Å². The third-order valence-electron chi connectivity index (χ3n) is 3.49. The minimum absolute atomic E-state index is 0.00637. The van der Waals surface area contributed by atoms with E-state index in [0.717, 1.165) is 25.0 Å². The average molecular weight is 298 g/mol. The molecule has 1 heterocycles. The van der Waals surface area contributed by atoms with Crippen molar-refractivity contribution in [3.63, 3.8) is 0 Å². The molecule has 1 aromatic carbocycles. The summed E-state index contributed by atoms with van der Waals surface area (Å²) in [4.78, 5) is 0.259. The zero-order valence-electron chi connectivity index (χ0n) is 12.0. The predicted octanol–water partition coefficient (Wildman–Crippen LogP) is 1.77. The summed E-state index contributed by atoms with van der Waals surface area (Å²) in [6.45, 7) is 5.24. The van der Waals surface area contributed by atoms with Crippen LogP contribution < -0.4 is 5.73 Å². The van der Waals surface area contributed by atoms with Crippen molar-refractivity contribution in [1.82, 2.24) is 4.31 Å². The fraction of sp³-hybridized carbons (Fsp3) is 0.571. The zero-order valence-corrected chi connectivity index (χ0v) is 12.8. The molecule has 1 aromatic rings. The number of ether oxygens (including phenoxy) is 1. The summed E-state index contributed by atoms with van der Waals surface area (Å²) in [6, 6.07) is 4.93. The molecular formula is C14H22N2O3S. The molecule has 1 fully saturated rings. The van der Waals surface area contributed by atoms with Gasteiger partial charge in [-0.05, 0) is 43.5 Å². The molecule has 1 aliphatic rings. The van der Waals surface area contributed by atoms with Crippen molar-refractivity contribution in [3.05, 3.63) is 23.8 Å². The van der Waals surface area contributed by atoms with Crippen molar-refractivity contribution in [2.24, 2.45) is 0 Å². The minimum atomic E-state index is -3.51. The lowest BCUT2D eigenvalue weighted by Gasteiger charge is -2.23. The number of hydrogen-bond donors (Lipinski definition) is 1. The van der Waals surface area contributed by atoms with Crippen LogP contribution in [-0.2, 0) is 14.8 Å². The summed E-state index contributed by atoms with van der Waals surface area (Å²) in [7, 11) is -3.51. The molecule has 112 valence electrons. The highest BCUT2D eigenvalue weighted by molar-refractivity contribution is 7.89. The summed E-state index contributed by atoms with van der Waals surface area (Å²) in [5, 5.41) is 0. The van der Waals surface area contributed by atoms with Gasteiger partial charge < -0.3 is 10.5 Å². The molecule has 0 spiro atoms. The summed E-state index contributed by atoms with van der Waals surface area (Å²) < 4.78 is 32.3. The maximum absolute atomic E-state index is 12.7. The lowest BCUT2D eigenvalue weighted by atomic mass is 10.2. The molecule has 1 saturated heterocycles. The van der Waals surface area contributed by atoms with E-state index in [4.69, 9.17) is 10.5 Å². The summed E-state index contributed by atoms with van der Waals surface area (Å²) in [6.07, 6.45) is 1.92. The summed E-state index contributed by atoms with van der Waals surface area (Å²) >= 11 is 0. The van der Waals surface area contributed by atoms with Crippen molar-refractivity contribution in [1.29, 1.82) is 0 Å². The lowest BCUT2D eigenvalue weighted by molar-refractivity contribution is 0.0947. The fourth-order valence-electron chi connectivity index (χ4n) is 2.49. The molecule has 6 heteroatoms. The van der Waals surface area contributed by atoms with Crippen LogP contribution in [-0.4, -0.2) is 38.5 Å². The predicted molar refractivity (Wildman–Crippen MR) is 79.0 cm³/mol. The van der Waals surface area contributed by atoms with Crippen molar-refractivity contribution in [2.45, 2.75) is 37.7 Å². The average Bonchev–Trinajstić information content (AvgIpc) is 2.87. The van der Waals surface area contributed by atoms with Gasteiger partial charge in [0.1, 0.15) is 0 Å². The van der Waals surface area contributed by atoms with Gasteiger partial charge in [0, 0.05) is 25.4 Å². The van der Waals surface area contributed by atoms with Crippen molar-refractivity contribution < 1.29 is 13.2 Å². The van der Waals surface area contributed by atoms with Crippen LogP contribution >= 0.6 is 0 Å². The van der Waals surface area contributed by atoms with Gasteiger partial charge in [-0.15, -0.1) is 0 Å². The molecule has 0 bridgehead atoms. The first kappa shape index (κ1) is 15.3. The van der Waals surface area contributed by atoms with E-state index in [2.05, 4.69) is 0 Å². The third-order valence-corrected chi connectivity index (χ3v) is 5.41. The number of sulfonamides is 1. The first-order valence-corrected chi connectivity index (χ1v) is 8.36. The Morgan fingerprint density at radius 1 is 1.40 bits per heavy atom. The summed E-state index contributed by atoms with van der Waals surface area (Å²) in [5.74, 6) is 0. The van der Waals surface area contributed by atoms with Crippen molar-refractivity contribution in [3.8, 4) is 0 Å². The Balaban J connectivity index is 2.25. The van der Waals surface area contributed by atoms with Crippen LogP contribution in [0.5, 0.6) is 0 Å². The molecule has 1 aliphatic heterocycles. The second-order valence-electron chi connectivity index (χ2n) is 5.17. The number of nitrogens with zero attached hydrogens (tertiary/aromatic N) is 1. The number of benzene rings is 1. The molecular weight excluding hydrogens is 276 g/mol. The maximum Gasteiger partial charge on any atom is 0.243 e. The van der Waals surface area contributed by atoms with Crippen LogP contribution in [0.4, 0.5) is 5.69 Å². The summed E-state index contributed by atoms with van der Waals surface area (Å²) in [5.41, 5.74) is 7.07. The lowest BCUT2D eigenvalue weighted by Crippen LogP contribution is -2.37. The van der Waals surface area contributed by atoms with Gasteiger partial charge in [-0.2, -0.15) is 4.31 Å². The highest BCUT2D eigenvalue weighted by atomic mass is 32.2. The number of nitrogens with two attached hydrogens (primary N) is 1. The smallest absolute Gasteiger partial charge is 0.243 e. The van der Waals surface area contributed by atoms with E-state index in [0.29, 0.717) is 18.8 Å². The highest BCUT2D eigenvalue weighted by Gasteiger charge is 2.28. The van der Waals surface area contributed by atoms with Crippen molar-refractivity contribution >= 4 is 15.7 Å². The van der Waals surface area contributed by atoms with Crippen LogP contribution in [0.3, 0.4) is 0 Å². The molecule has 0 aliphatic carbocycles. The van der Waals surface area contributed by atoms with E-state index in [-0.39, 0.29) is 11.0 Å². The highest BCUT2D eigenvalue weighted by Crippen LogP contribution is 2.22. The number of nitrogen functional groups attached to an aromatic ring is 1. The Morgan fingerprint density at radius 2 is 2.15 bits per heavy atom. The molecule has 0 radical (unpaired) electrons. The van der Waals surface area contributed by atoms with Crippen LogP contribution in [0, 0.1) is 6.92 Å². The van der Waals surface area contributed by atoms with Gasteiger partial charge in [-0.3, -0.25) is 0 Å². The van der Waals surface area contributed by atoms with Gasteiger partial charge in [0.2, 0.25) is 10.0 Å². The van der Waals surface area contributed by atoms with Gasteiger partial charge in [0.15, 0.2) is 0 Å². The minimum Gasteiger partial charge on any atom is -0.399 e. The normalized spacial score (nSPS) is 19.6. The van der Waals surface area contributed by atoms with E-state index >= 15 is 0 Å². The molecule has 0 amide bonds. The topological polar surface area (TPSA) is 72.6 Å². The second kappa shape index (κ2) is 6.11. The Morgan fingerprint density at radius 3 is 2.70 bits per heavy atom. The molecule has 2 N–H and O–H groups in total. The van der Waals surface area contributed by atoms with Gasteiger partial charge >= 0.3 is 0 Å². The first-order valence-electron chi connectivity index (χ1n) is 6.92. The van der Waals surface area contributed by atoms with E-state index in [1.165, 1.54) is 10.4 Å². The quantitative estimate of drug-likeness (QED) is 0.841. The van der Waals surface area contributed by atoms with Crippen LogP contribution in [0.25, 0.3) is 0 Å².